The van der Waals surface area contributed by atoms with Gasteiger partial charge in [0.2, 0.25) is 11.5 Å². The lowest BCUT2D eigenvalue weighted by molar-refractivity contribution is -0.0453. The number of carboxylic acids is 2. The van der Waals surface area contributed by atoms with Gasteiger partial charge in [-0.05, 0) is 18.6 Å². The smallest absolute Gasteiger partial charge is 0.371 e. The van der Waals surface area contributed by atoms with Gasteiger partial charge in [0.25, 0.3) is 0 Å². The zero-order valence-corrected chi connectivity index (χ0v) is 9.16. The molecule has 0 aromatic carbocycles. The first-order chi connectivity index (χ1) is 7.88. The highest BCUT2D eigenvalue weighted by atomic mass is 16.5. The largest absolute Gasteiger partial charge is 0.475 e. The molecular formula is C10H14O7. The third kappa shape index (κ3) is 6.33. The van der Waals surface area contributed by atoms with Crippen molar-refractivity contribution in [3.8, 4) is 0 Å². The van der Waals surface area contributed by atoms with Crippen molar-refractivity contribution in [1.82, 2.24) is 0 Å². The summed E-state index contributed by atoms with van der Waals surface area (Å²) >= 11 is 0. The number of carboxylic acid groups (broad SMARTS) is 2. The number of carbonyl (C=O) groups is 2. The second-order valence-electron chi connectivity index (χ2n) is 3.04. The number of furan rings is 1. The average molecular weight is 246 g/mol. The molecule has 17 heavy (non-hydrogen) atoms. The van der Waals surface area contributed by atoms with Crippen LogP contribution in [0.2, 0.25) is 0 Å². The Kier molecular flexibility index (Phi) is 6.61. The summed E-state index contributed by atoms with van der Waals surface area (Å²) in [5, 5.41) is 32.8. The maximum Gasteiger partial charge on any atom is 0.371 e. The zero-order chi connectivity index (χ0) is 13.4. The van der Waals surface area contributed by atoms with Crippen molar-refractivity contribution in [2.24, 2.45) is 0 Å². The molecule has 0 bridgehead atoms. The normalized spacial score (nSPS) is 9.65. The second-order valence-corrected chi connectivity index (χ2v) is 3.04. The number of rotatable bonds is 4. The summed E-state index contributed by atoms with van der Waals surface area (Å²) < 4.78 is 4.41. The van der Waals surface area contributed by atoms with E-state index in [0.29, 0.717) is 6.42 Å². The maximum atomic E-state index is 10.2. The Morgan fingerprint density at radius 2 is 1.59 bits per heavy atom. The summed E-state index contributed by atoms with van der Waals surface area (Å²) in [6, 6.07) is 2.18. The second kappa shape index (κ2) is 7.42. The van der Waals surface area contributed by atoms with Gasteiger partial charge in [0.15, 0.2) is 6.29 Å². The van der Waals surface area contributed by atoms with Gasteiger partial charge in [-0.3, -0.25) is 0 Å². The predicted molar refractivity (Wildman–Crippen MR) is 55.8 cm³/mol. The van der Waals surface area contributed by atoms with E-state index in [4.69, 9.17) is 20.4 Å². The Balaban J connectivity index is 0.000000366. The minimum Gasteiger partial charge on any atom is -0.475 e. The van der Waals surface area contributed by atoms with Gasteiger partial charge < -0.3 is 24.8 Å². The average Bonchev–Trinajstić information content (AvgIpc) is 2.66. The summed E-state index contributed by atoms with van der Waals surface area (Å²) in [5.41, 5.74) is 0. The molecule has 96 valence electrons. The van der Waals surface area contributed by atoms with Crippen molar-refractivity contribution >= 4 is 11.9 Å². The SMILES string of the molecule is CCCC(O)O.O=C(O)c1ccc(C(=O)O)o1. The summed E-state index contributed by atoms with van der Waals surface area (Å²) in [7, 11) is 0. The van der Waals surface area contributed by atoms with Crippen LogP contribution in [0, 0.1) is 0 Å². The molecule has 7 nitrogen and oxygen atoms in total. The molecule has 0 aliphatic carbocycles. The Morgan fingerprint density at radius 1 is 1.18 bits per heavy atom. The Labute approximate surface area is 96.9 Å². The quantitative estimate of drug-likeness (QED) is 0.577. The molecule has 0 aliphatic rings. The molecule has 7 heteroatoms. The van der Waals surface area contributed by atoms with Crippen molar-refractivity contribution in [2.45, 2.75) is 26.1 Å². The maximum absolute atomic E-state index is 10.2. The predicted octanol–water partition coefficient (Wildman–Crippen LogP) is 0.773. The fourth-order valence-electron chi connectivity index (χ4n) is 0.826. The van der Waals surface area contributed by atoms with E-state index in [-0.39, 0.29) is 11.5 Å². The van der Waals surface area contributed by atoms with Crippen molar-refractivity contribution in [3.63, 3.8) is 0 Å². The van der Waals surface area contributed by atoms with Gasteiger partial charge in [-0.15, -0.1) is 0 Å². The van der Waals surface area contributed by atoms with Gasteiger partial charge in [-0.25, -0.2) is 9.59 Å². The van der Waals surface area contributed by atoms with E-state index >= 15 is 0 Å². The monoisotopic (exact) mass is 246 g/mol. The van der Waals surface area contributed by atoms with Gasteiger partial charge >= 0.3 is 11.9 Å². The van der Waals surface area contributed by atoms with Crippen molar-refractivity contribution in [1.29, 1.82) is 0 Å². The number of aromatic carboxylic acids is 2. The van der Waals surface area contributed by atoms with Gasteiger partial charge in [-0.1, -0.05) is 13.3 Å². The van der Waals surface area contributed by atoms with Crippen LogP contribution < -0.4 is 0 Å². The molecule has 0 spiro atoms. The molecule has 1 aromatic heterocycles. The van der Waals surface area contributed by atoms with Crippen LogP contribution in [0.15, 0.2) is 16.5 Å². The molecule has 0 saturated carbocycles. The van der Waals surface area contributed by atoms with Crippen LogP contribution in [0.25, 0.3) is 0 Å². The number of hydrogen-bond donors (Lipinski definition) is 4. The van der Waals surface area contributed by atoms with E-state index in [1.165, 1.54) is 0 Å². The molecule has 1 aromatic rings. The minimum atomic E-state index is -1.28. The van der Waals surface area contributed by atoms with Gasteiger partial charge in [-0.2, -0.15) is 0 Å². The Hall–Kier alpha value is -1.86. The lowest BCUT2D eigenvalue weighted by atomic mass is 10.3. The molecule has 4 N–H and O–H groups in total. The van der Waals surface area contributed by atoms with E-state index in [9.17, 15) is 9.59 Å². The summed E-state index contributed by atoms with van der Waals surface area (Å²) in [4.78, 5) is 20.3. The van der Waals surface area contributed by atoms with Crippen LogP contribution in [0.4, 0.5) is 0 Å². The Bertz CT molecular complexity index is 338. The van der Waals surface area contributed by atoms with E-state index < -0.39 is 18.2 Å². The standard InChI is InChI=1S/C6H4O5.C4H10O2/c7-5(8)3-1-2-4(11-3)6(9)10;1-2-3-4(5)6/h1-2H,(H,7,8)(H,9,10);4-6H,2-3H2,1H3. The van der Waals surface area contributed by atoms with Crippen LogP contribution in [0.3, 0.4) is 0 Å². The van der Waals surface area contributed by atoms with Crippen molar-refractivity contribution in [2.75, 3.05) is 0 Å². The molecule has 0 amide bonds. The van der Waals surface area contributed by atoms with Crippen LogP contribution in [0.5, 0.6) is 0 Å². The molecule has 0 unspecified atom stereocenters. The highest BCUT2D eigenvalue weighted by Crippen LogP contribution is 2.06. The van der Waals surface area contributed by atoms with Crippen molar-refractivity contribution in [3.05, 3.63) is 23.7 Å². The van der Waals surface area contributed by atoms with E-state index in [0.717, 1.165) is 18.6 Å². The van der Waals surface area contributed by atoms with Gasteiger partial charge in [0.1, 0.15) is 0 Å². The number of aliphatic hydroxyl groups is 2. The first kappa shape index (κ1) is 15.1. The molecule has 1 heterocycles. The Morgan fingerprint density at radius 3 is 1.71 bits per heavy atom. The number of hydrogen-bond acceptors (Lipinski definition) is 5. The van der Waals surface area contributed by atoms with Crippen molar-refractivity contribution < 1.29 is 34.4 Å². The zero-order valence-electron chi connectivity index (χ0n) is 9.16. The van der Waals surface area contributed by atoms with E-state index in [1.54, 1.807) is 0 Å². The van der Waals surface area contributed by atoms with Gasteiger partial charge in [0, 0.05) is 0 Å². The molecule has 0 radical (unpaired) electrons. The summed E-state index contributed by atoms with van der Waals surface area (Å²) in [5.74, 6) is -3.31. The highest BCUT2D eigenvalue weighted by molar-refractivity contribution is 5.88. The molecule has 0 aliphatic heterocycles. The first-order valence-corrected chi connectivity index (χ1v) is 4.81. The highest BCUT2D eigenvalue weighted by Gasteiger charge is 2.12. The topological polar surface area (TPSA) is 128 Å². The molecule has 0 saturated heterocycles. The molecule has 0 fully saturated rings. The van der Waals surface area contributed by atoms with Crippen LogP contribution >= 0.6 is 0 Å². The summed E-state index contributed by atoms with van der Waals surface area (Å²) in [6.07, 6.45) is 0.215. The van der Waals surface area contributed by atoms with Gasteiger partial charge in [0.05, 0.1) is 0 Å². The summed E-state index contributed by atoms with van der Waals surface area (Å²) in [6.45, 7) is 1.90. The van der Waals surface area contributed by atoms with Crippen LogP contribution in [0.1, 0.15) is 40.9 Å². The third-order valence-corrected chi connectivity index (χ3v) is 1.57. The lowest BCUT2D eigenvalue weighted by Crippen LogP contribution is -2.01. The van der Waals surface area contributed by atoms with E-state index in [1.807, 2.05) is 6.92 Å². The molecular weight excluding hydrogens is 232 g/mol. The third-order valence-electron chi connectivity index (χ3n) is 1.57. The lowest BCUT2D eigenvalue weighted by Gasteiger charge is -1.94. The van der Waals surface area contributed by atoms with E-state index in [2.05, 4.69) is 4.42 Å². The fraction of sp³-hybridized carbons (Fsp3) is 0.400. The van der Waals surface area contributed by atoms with Crippen LogP contribution in [-0.2, 0) is 0 Å². The molecule has 0 atom stereocenters. The first-order valence-electron chi connectivity index (χ1n) is 4.81. The fourth-order valence-corrected chi connectivity index (χ4v) is 0.826. The van der Waals surface area contributed by atoms with Crippen LogP contribution in [-0.4, -0.2) is 38.7 Å². The minimum absolute atomic E-state index is 0.373. The molecule has 1 rings (SSSR count). The number of aliphatic hydroxyl groups excluding tert-OH is 1.